The minimum absolute atomic E-state index is 0.143. The Labute approximate surface area is 190 Å². The second-order valence-electron chi connectivity index (χ2n) is 8.27. The smallest absolute Gasteiger partial charge is 0.372 e. The second kappa shape index (κ2) is 8.90. The van der Waals surface area contributed by atoms with Crippen molar-refractivity contribution in [3.63, 3.8) is 0 Å². The van der Waals surface area contributed by atoms with Crippen molar-refractivity contribution in [1.29, 1.82) is 0 Å². The molecule has 1 saturated heterocycles. The van der Waals surface area contributed by atoms with E-state index < -0.39 is 11.7 Å². The summed E-state index contributed by atoms with van der Waals surface area (Å²) in [6.45, 7) is 7.32. The molecule has 174 valence electrons. The number of aromatic nitrogens is 2. The number of ether oxygens (including phenoxy) is 1. The molecule has 1 N–H and O–H groups in total. The Morgan fingerprint density at radius 1 is 1.06 bits per heavy atom. The molecule has 6 nitrogen and oxygen atoms in total. The third-order valence-corrected chi connectivity index (χ3v) is 5.58. The minimum atomic E-state index is -4.46. The summed E-state index contributed by atoms with van der Waals surface area (Å²) in [5.41, 5.74) is 1.85. The monoisotopic (exact) mass is 458 g/mol. The van der Waals surface area contributed by atoms with Crippen LogP contribution in [0.3, 0.4) is 0 Å². The van der Waals surface area contributed by atoms with Gasteiger partial charge >= 0.3 is 6.18 Å². The van der Waals surface area contributed by atoms with Gasteiger partial charge in [0.1, 0.15) is 0 Å². The molecule has 4 rings (SSSR count). The summed E-state index contributed by atoms with van der Waals surface area (Å²) in [5, 5.41) is 6.96. The summed E-state index contributed by atoms with van der Waals surface area (Å²) < 4.78 is 46.2. The van der Waals surface area contributed by atoms with Gasteiger partial charge < -0.3 is 15.0 Å². The number of amides is 1. The number of alkyl halides is 3. The Bertz CT molecular complexity index is 1130. The summed E-state index contributed by atoms with van der Waals surface area (Å²) in [6, 6.07) is 12.4. The first-order chi connectivity index (χ1) is 15.6. The molecule has 3 aromatic rings. The zero-order valence-corrected chi connectivity index (χ0v) is 18.6. The molecule has 2 heterocycles. The third-order valence-electron chi connectivity index (χ3n) is 5.58. The van der Waals surface area contributed by atoms with Gasteiger partial charge in [0.05, 0.1) is 40.9 Å². The first-order valence-electron chi connectivity index (χ1n) is 10.7. The van der Waals surface area contributed by atoms with E-state index in [0.29, 0.717) is 11.4 Å². The molecule has 2 atom stereocenters. The molecular formula is C24H25F3N4O2. The number of nitrogens with zero attached hydrogens (tertiary/aromatic N) is 3. The van der Waals surface area contributed by atoms with Crippen LogP contribution in [-0.2, 0) is 10.9 Å². The summed E-state index contributed by atoms with van der Waals surface area (Å²) in [5.74, 6) is -0.382. The third kappa shape index (κ3) is 5.03. The molecule has 2 aromatic carbocycles. The van der Waals surface area contributed by atoms with Crippen LogP contribution in [0.25, 0.3) is 5.69 Å². The number of carbonyl (C=O) groups is 1. The van der Waals surface area contributed by atoms with E-state index in [0.717, 1.165) is 30.9 Å². The average molecular weight is 458 g/mol. The Balaban J connectivity index is 1.48. The van der Waals surface area contributed by atoms with Crippen LogP contribution >= 0.6 is 0 Å². The maximum Gasteiger partial charge on any atom is 0.416 e. The summed E-state index contributed by atoms with van der Waals surface area (Å²) >= 11 is 0. The van der Waals surface area contributed by atoms with Crippen molar-refractivity contribution in [3.05, 3.63) is 71.5 Å². The number of anilines is 2. The maximum atomic E-state index is 13.0. The maximum absolute atomic E-state index is 13.0. The van der Waals surface area contributed by atoms with Crippen molar-refractivity contribution in [2.45, 2.75) is 39.2 Å². The Morgan fingerprint density at radius 3 is 2.36 bits per heavy atom. The number of benzene rings is 2. The molecule has 0 spiro atoms. The average Bonchev–Trinajstić information content (AvgIpc) is 3.14. The second-order valence-corrected chi connectivity index (χ2v) is 8.27. The van der Waals surface area contributed by atoms with E-state index in [-0.39, 0.29) is 29.4 Å². The topological polar surface area (TPSA) is 59.4 Å². The largest absolute Gasteiger partial charge is 0.416 e. The Kier molecular flexibility index (Phi) is 6.16. The number of halogens is 3. The van der Waals surface area contributed by atoms with Crippen LogP contribution in [0.2, 0.25) is 0 Å². The normalized spacial score (nSPS) is 18.9. The predicted molar refractivity (Wildman–Crippen MR) is 120 cm³/mol. The molecule has 2 unspecified atom stereocenters. The van der Waals surface area contributed by atoms with E-state index in [1.165, 1.54) is 23.0 Å². The molecule has 1 aliphatic rings. The number of rotatable bonds is 4. The van der Waals surface area contributed by atoms with E-state index in [9.17, 15) is 18.0 Å². The van der Waals surface area contributed by atoms with Crippen LogP contribution in [0, 0.1) is 6.92 Å². The SMILES string of the molecule is Cc1c(C(=O)Nc2ccc(N3CC(C)OC(C)C3)cc2)cnn1-c1cccc(C(F)(F)F)c1. The van der Waals surface area contributed by atoms with Gasteiger partial charge in [0.15, 0.2) is 0 Å². The fraction of sp³-hybridized carbons (Fsp3) is 0.333. The molecule has 1 amide bonds. The van der Waals surface area contributed by atoms with Gasteiger partial charge in [0, 0.05) is 24.5 Å². The van der Waals surface area contributed by atoms with Gasteiger partial charge in [-0.05, 0) is 63.2 Å². The lowest BCUT2D eigenvalue weighted by molar-refractivity contribution is -0.137. The molecule has 0 radical (unpaired) electrons. The van der Waals surface area contributed by atoms with Crippen molar-refractivity contribution >= 4 is 17.3 Å². The summed E-state index contributed by atoms with van der Waals surface area (Å²) in [4.78, 5) is 15.1. The number of nitrogens with one attached hydrogen (secondary N) is 1. The van der Waals surface area contributed by atoms with E-state index >= 15 is 0 Å². The number of hydrogen-bond acceptors (Lipinski definition) is 4. The quantitative estimate of drug-likeness (QED) is 0.594. The molecule has 33 heavy (non-hydrogen) atoms. The zero-order valence-electron chi connectivity index (χ0n) is 18.6. The van der Waals surface area contributed by atoms with Crippen molar-refractivity contribution in [2.75, 3.05) is 23.3 Å². The van der Waals surface area contributed by atoms with Crippen LogP contribution < -0.4 is 10.2 Å². The minimum Gasteiger partial charge on any atom is -0.372 e. The summed E-state index contributed by atoms with van der Waals surface area (Å²) in [6.07, 6.45) is -2.81. The van der Waals surface area contributed by atoms with Crippen LogP contribution in [-0.4, -0.2) is 41.0 Å². The molecular weight excluding hydrogens is 433 g/mol. The first-order valence-corrected chi connectivity index (χ1v) is 10.7. The van der Waals surface area contributed by atoms with Crippen molar-refractivity contribution in [1.82, 2.24) is 9.78 Å². The number of morpholine rings is 1. The van der Waals surface area contributed by atoms with Gasteiger partial charge in [-0.25, -0.2) is 4.68 Å². The highest BCUT2D eigenvalue weighted by Crippen LogP contribution is 2.30. The molecule has 0 saturated carbocycles. The molecule has 1 aliphatic heterocycles. The first kappa shape index (κ1) is 22.8. The van der Waals surface area contributed by atoms with E-state index in [4.69, 9.17) is 4.74 Å². The molecule has 0 aliphatic carbocycles. The molecule has 9 heteroatoms. The number of carbonyl (C=O) groups excluding carboxylic acids is 1. The van der Waals surface area contributed by atoms with E-state index in [2.05, 4.69) is 15.3 Å². The van der Waals surface area contributed by atoms with Crippen molar-refractivity contribution < 1.29 is 22.7 Å². The standard InChI is InChI=1S/C24H25F3N4O2/c1-15-13-30(14-16(2)33-15)20-9-7-19(8-10-20)29-23(32)22-12-28-31(17(22)3)21-6-4-5-18(11-21)24(25,26)27/h4-12,15-16H,13-14H2,1-3H3,(H,29,32). The predicted octanol–water partition coefficient (Wildman–Crippen LogP) is 5.07. The van der Waals surface area contributed by atoms with E-state index in [1.807, 2.05) is 38.1 Å². The van der Waals surface area contributed by atoms with E-state index in [1.54, 1.807) is 6.92 Å². The van der Waals surface area contributed by atoms with Crippen molar-refractivity contribution in [3.8, 4) is 5.69 Å². The fourth-order valence-electron chi connectivity index (χ4n) is 4.05. The van der Waals surface area contributed by atoms with Gasteiger partial charge in [-0.15, -0.1) is 0 Å². The van der Waals surface area contributed by atoms with Gasteiger partial charge in [-0.1, -0.05) is 6.07 Å². The van der Waals surface area contributed by atoms with Crippen LogP contribution in [0.15, 0.2) is 54.7 Å². The number of hydrogen-bond donors (Lipinski definition) is 1. The van der Waals surface area contributed by atoms with Crippen LogP contribution in [0.4, 0.5) is 24.5 Å². The summed E-state index contributed by atoms with van der Waals surface area (Å²) in [7, 11) is 0. The Morgan fingerprint density at radius 2 is 1.73 bits per heavy atom. The highest BCUT2D eigenvalue weighted by Gasteiger charge is 2.31. The Hall–Kier alpha value is -3.33. The van der Waals surface area contributed by atoms with Crippen molar-refractivity contribution in [2.24, 2.45) is 0 Å². The van der Waals surface area contributed by atoms with Crippen LogP contribution in [0.5, 0.6) is 0 Å². The highest BCUT2D eigenvalue weighted by molar-refractivity contribution is 6.05. The lowest BCUT2D eigenvalue weighted by atomic mass is 10.1. The molecule has 1 fully saturated rings. The lowest BCUT2D eigenvalue weighted by Gasteiger charge is -2.36. The van der Waals surface area contributed by atoms with Gasteiger partial charge in [0.25, 0.3) is 5.91 Å². The van der Waals surface area contributed by atoms with Gasteiger partial charge in [-0.2, -0.15) is 18.3 Å². The lowest BCUT2D eigenvalue weighted by Crippen LogP contribution is -2.45. The molecule has 0 bridgehead atoms. The van der Waals surface area contributed by atoms with Gasteiger partial charge in [-0.3, -0.25) is 4.79 Å². The zero-order chi connectivity index (χ0) is 23.8. The van der Waals surface area contributed by atoms with Gasteiger partial charge in [0.2, 0.25) is 0 Å². The highest BCUT2D eigenvalue weighted by atomic mass is 19.4. The fourth-order valence-corrected chi connectivity index (χ4v) is 4.05. The molecule has 1 aromatic heterocycles. The van der Waals surface area contributed by atoms with Crippen LogP contribution in [0.1, 0.15) is 35.5 Å².